The Morgan fingerprint density at radius 3 is 2.71 bits per heavy atom. The molecule has 0 aromatic carbocycles. The highest BCUT2D eigenvalue weighted by atomic mass is 16.5. The van der Waals surface area contributed by atoms with E-state index < -0.39 is 17.9 Å². The molecule has 1 saturated heterocycles. The summed E-state index contributed by atoms with van der Waals surface area (Å²) in [6.07, 6.45) is 8.56. The molecule has 10 nitrogen and oxygen atoms in total. The second-order valence-electron chi connectivity index (χ2n) is 7.76. The van der Waals surface area contributed by atoms with Crippen LogP contribution in [0.3, 0.4) is 0 Å². The van der Waals surface area contributed by atoms with Gasteiger partial charge in [-0.15, -0.1) is 0 Å². The van der Waals surface area contributed by atoms with Crippen molar-refractivity contribution in [2.45, 2.75) is 44.6 Å². The number of amides is 4. The number of carbonyl (C=O) groups is 4. The fourth-order valence-electron chi connectivity index (χ4n) is 4.07. The number of rotatable bonds is 9. The average molecular weight is 432 g/mol. The fourth-order valence-corrected chi connectivity index (χ4v) is 4.07. The lowest BCUT2D eigenvalue weighted by atomic mass is 10.0. The molecule has 2 heterocycles. The third-order valence-electron chi connectivity index (χ3n) is 5.60. The highest BCUT2D eigenvalue weighted by molar-refractivity contribution is 5.92. The first-order chi connectivity index (χ1) is 15.0. The Labute approximate surface area is 180 Å². The monoisotopic (exact) mass is 432 g/mol. The highest BCUT2D eigenvalue weighted by Gasteiger charge is 2.37. The van der Waals surface area contributed by atoms with Gasteiger partial charge in [0.2, 0.25) is 18.2 Å². The van der Waals surface area contributed by atoms with E-state index in [9.17, 15) is 24.4 Å². The molecule has 1 aliphatic heterocycles. The molecule has 2 aliphatic rings. The van der Waals surface area contributed by atoms with Gasteiger partial charge in [-0.1, -0.05) is 11.6 Å². The van der Waals surface area contributed by atoms with E-state index in [1.54, 1.807) is 6.07 Å². The topological polar surface area (TPSA) is 132 Å². The van der Waals surface area contributed by atoms with Crippen LogP contribution < -0.4 is 10.6 Å². The van der Waals surface area contributed by atoms with Crippen LogP contribution >= 0.6 is 0 Å². The predicted molar refractivity (Wildman–Crippen MR) is 109 cm³/mol. The second-order valence-corrected chi connectivity index (χ2v) is 7.76. The summed E-state index contributed by atoms with van der Waals surface area (Å²) in [5.74, 6) is -1.69. The molecule has 4 amide bonds. The number of furan rings is 1. The van der Waals surface area contributed by atoms with E-state index in [2.05, 4.69) is 10.6 Å². The molecule has 0 radical (unpaired) electrons. The van der Waals surface area contributed by atoms with Crippen molar-refractivity contribution < 1.29 is 28.8 Å². The zero-order valence-corrected chi connectivity index (χ0v) is 17.3. The van der Waals surface area contributed by atoms with E-state index in [-0.39, 0.29) is 37.2 Å². The third-order valence-corrected chi connectivity index (χ3v) is 5.60. The molecule has 3 N–H and O–H groups in total. The third kappa shape index (κ3) is 5.94. The zero-order valence-electron chi connectivity index (χ0n) is 17.3. The smallest absolute Gasteiger partial charge is 0.288 e. The summed E-state index contributed by atoms with van der Waals surface area (Å²) in [5, 5.41) is 15.3. The lowest BCUT2D eigenvalue weighted by Crippen LogP contribution is -2.50. The maximum atomic E-state index is 13.2. The summed E-state index contributed by atoms with van der Waals surface area (Å²) in [6, 6.07) is 2.43. The van der Waals surface area contributed by atoms with E-state index in [1.807, 2.05) is 6.08 Å². The zero-order chi connectivity index (χ0) is 22.2. The normalized spacial score (nSPS) is 19.1. The number of carbonyl (C=O) groups excluding carboxylic acids is 4. The van der Waals surface area contributed by atoms with Crippen molar-refractivity contribution in [2.24, 2.45) is 5.92 Å². The van der Waals surface area contributed by atoms with Crippen LogP contribution in [-0.4, -0.2) is 65.1 Å². The van der Waals surface area contributed by atoms with Gasteiger partial charge in [-0.25, -0.2) is 5.06 Å². The maximum Gasteiger partial charge on any atom is 0.288 e. The van der Waals surface area contributed by atoms with Gasteiger partial charge >= 0.3 is 0 Å². The largest absolute Gasteiger partial charge is 0.459 e. The minimum absolute atomic E-state index is 0.0973. The van der Waals surface area contributed by atoms with Gasteiger partial charge < -0.3 is 20.0 Å². The standard InChI is InChI=1S/C21H28N4O6/c26-14-24(30)12-16(11-15-5-1-2-6-15)21(29)25-9-3-7-17(25)19(27)22-13-23-20(28)18-8-4-10-31-18/h4,8,10-11,14,16-17,30H,1-3,5-7,9,12-13H2,(H,22,27)(H,23,28)/t16-,17+/m1/s1. The van der Waals surface area contributed by atoms with E-state index in [0.717, 1.165) is 31.3 Å². The number of hydrogen-bond donors (Lipinski definition) is 3. The first kappa shape index (κ1) is 22.5. The van der Waals surface area contributed by atoms with Crippen LogP contribution in [0.1, 0.15) is 49.1 Å². The van der Waals surface area contributed by atoms with Crippen molar-refractivity contribution in [3.05, 3.63) is 35.8 Å². The van der Waals surface area contributed by atoms with Crippen molar-refractivity contribution in [1.82, 2.24) is 20.6 Å². The minimum atomic E-state index is -0.713. The Morgan fingerprint density at radius 2 is 2.03 bits per heavy atom. The molecule has 0 bridgehead atoms. The Bertz CT molecular complexity index is 814. The molecule has 1 aromatic heterocycles. The van der Waals surface area contributed by atoms with Crippen molar-refractivity contribution in [3.63, 3.8) is 0 Å². The van der Waals surface area contributed by atoms with Crippen molar-refractivity contribution in [3.8, 4) is 0 Å². The molecule has 31 heavy (non-hydrogen) atoms. The average Bonchev–Trinajstić information content (AvgIpc) is 3.54. The Morgan fingerprint density at radius 1 is 1.26 bits per heavy atom. The summed E-state index contributed by atoms with van der Waals surface area (Å²) in [5.41, 5.74) is 1.14. The van der Waals surface area contributed by atoms with Crippen LogP contribution in [0.4, 0.5) is 0 Å². The van der Waals surface area contributed by atoms with Gasteiger partial charge in [0, 0.05) is 6.54 Å². The second kappa shape index (κ2) is 10.8. The van der Waals surface area contributed by atoms with Gasteiger partial charge in [-0.05, 0) is 50.7 Å². The Balaban J connectivity index is 1.60. The van der Waals surface area contributed by atoms with E-state index in [4.69, 9.17) is 4.42 Å². The van der Waals surface area contributed by atoms with Gasteiger partial charge in [0.15, 0.2) is 5.76 Å². The van der Waals surface area contributed by atoms with Crippen molar-refractivity contribution in [2.75, 3.05) is 19.8 Å². The quantitative estimate of drug-likeness (QED) is 0.176. The van der Waals surface area contributed by atoms with Crippen LogP contribution in [0.25, 0.3) is 0 Å². The molecular weight excluding hydrogens is 404 g/mol. The molecule has 2 fully saturated rings. The van der Waals surface area contributed by atoms with Crippen LogP contribution in [0.5, 0.6) is 0 Å². The fraction of sp³-hybridized carbons (Fsp3) is 0.524. The predicted octanol–water partition coefficient (Wildman–Crippen LogP) is 1.04. The summed E-state index contributed by atoms with van der Waals surface area (Å²) < 4.78 is 4.99. The summed E-state index contributed by atoms with van der Waals surface area (Å²) in [4.78, 5) is 50.1. The molecule has 10 heteroatoms. The van der Waals surface area contributed by atoms with E-state index in [1.165, 1.54) is 17.2 Å². The van der Waals surface area contributed by atoms with Crippen LogP contribution in [0.2, 0.25) is 0 Å². The number of allylic oxidation sites excluding steroid dienone is 1. The molecular formula is C21H28N4O6. The van der Waals surface area contributed by atoms with Crippen molar-refractivity contribution in [1.29, 1.82) is 0 Å². The summed E-state index contributed by atoms with van der Waals surface area (Å²) >= 11 is 0. The van der Waals surface area contributed by atoms with Crippen LogP contribution in [-0.2, 0) is 14.4 Å². The summed E-state index contributed by atoms with van der Waals surface area (Å²) in [7, 11) is 0. The maximum absolute atomic E-state index is 13.2. The molecule has 3 rings (SSSR count). The number of nitrogens with one attached hydrogen (secondary N) is 2. The number of hydroxylamine groups is 2. The Kier molecular flexibility index (Phi) is 7.82. The Hall–Kier alpha value is -3.14. The number of hydrogen-bond acceptors (Lipinski definition) is 6. The SMILES string of the molecule is O=CN(O)C[C@@H](C=C1CCCC1)C(=O)N1CCC[C@H]1C(=O)NCNC(=O)c1ccco1. The first-order valence-electron chi connectivity index (χ1n) is 10.5. The highest BCUT2D eigenvalue weighted by Crippen LogP contribution is 2.27. The lowest BCUT2D eigenvalue weighted by Gasteiger charge is -2.28. The summed E-state index contributed by atoms with van der Waals surface area (Å²) in [6.45, 7) is 0.164. The molecule has 0 unspecified atom stereocenters. The van der Waals surface area contributed by atoms with Crippen LogP contribution in [0, 0.1) is 5.92 Å². The minimum Gasteiger partial charge on any atom is -0.459 e. The molecule has 0 spiro atoms. The molecule has 168 valence electrons. The van der Waals surface area contributed by atoms with Gasteiger partial charge in [-0.2, -0.15) is 0 Å². The van der Waals surface area contributed by atoms with Gasteiger partial charge in [0.25, 0.3) is 5.91 Å². The lowest BCUT2D eigenvalue weighted by molar-refractivity contribution is -0.156. The number of nitrogens with zero attached hydrogens (tertiary/aromatic N) is 2. The van der Waals surface area contributed by atoms with Crippen LogP contribution in [0.15, 0.2) is 34.5 Å². The molecule has 1 aromatic rings. The number of likely N-dealkylation sites (tertiary alicyclic amines) is 1. The van der Waals surface area contributed by atoms with Gasteiger partial charge in [0.1, 0.15) is 6.04 Å². The van der Waals surface area contributed by atoms with Crippen molar-refractivity contribution >= 4 is 24.1 Å². The first-order valence-corrected chi connectivity index (χ1v) is 10.5. The van der Waals surface area contributed by atoms with Gasteiger partial charge in [0.05, 0.1) is 25.4 Å². The molecule has 1 saturated carbocycles. The molecule has 1 aliphatic carbocycles. The van der Waals surface area contributed by atoms with E-state index >= 15 is 0 Å². The van der Waals surface area contributed by atoms with E-state index in [0.29, 0.717) is 24.4 Å². The molecule has 2 atom stereocenters. The van der Waals surface area contributed by atoms with Gasteiger partial charge in [-0.3, -0.25) is 24.4 Å².